The summed E-state index contributed by atoms with van der Waals surface area (Å²) in [5.41, 5.74) is 0. The summed E-state index contributed by atoms with van der Waals surface area (Å²) in [4.78, 5) is 25.3. The van der Waals surface area contributed by atoms with E-state index >= 15 is 0 Å². The number of rotatable bonds is 6. The van der Waals surface area contributed by atoms with Gasteiger partial charge in [0.05, 0.1) is 7.11 Å². The van der Waals surface area contributed by atoms with Gasteiger partial charge < -0.3 is 9.64 Å². The molecule has 0 bridgehead atoms. The molecule has 0 N–H and O–H groups in total. The van der Waals surface area contributed by atoms with Crippen molar-refractivity contribution < 1.29 is 14.3 Å². The molecule has 0 unspecified atom stereocenters. The van der Waals surface area contributed by atoms with Gasteiger partial charge in [-0.3, -0.25) is 9.59 Å². The number of methoxy groups -OCH3 is 1. The molecular formula is C12H17NO3S. The van der Waals surface area contributed by atoms with Crippen LogP contribution in [0.5, 0.6) is 0 Å². The standard InChI is InChI=1S/C12H17NO3S/c1-13(9-12(15)16-2)11(14)7-3-5-10-6-4-8-17-10/h4,6,8H,3,5,7,9H2,1-2H3. The van der Waals surface area contributed by atoms with Crippen LogP contribution in [0.2, 0.25) is 0 Å². The molecule has 0 atom stereocenters. The minimum atomic E-state index is -0.390. The summed E-state index contributed by atoms with van der Waals surface area (Å²) in [7, 11) is 2.93. The van der Waals surface area contributed by atoms with Crippen LogP contribution in [0.4, 0.5) is 0 Å². The number of nitrogens with zero attached hydrogens (tertiary/aromatic N) is 1. The van der Waals surface area contributed by atoms with Gasteiger partial charge in [-0.05, 0) is 24.3 Å². The number of esters is 1. The summed E-state index contributed by atoms with van der Waals surface area (Å²) in [5, 5.41) is 2.03. The first-order valence-electron chi connectivity index (χ1n) is 5.46. The summed E-state index contributed by atoms with van der Waals surface area (Å²) >= 11 is 1.70. The maximum atomic E-state index is 11.6. The average molecular weight is 255 g/mol. The topological polar surface area (TPSA) is 46.6 Å². The largest absolute Gasteiger partial charge is 0.468 e. The van der Waals surface area contributed by atoms with E-state index < -0.39 is 0 Å². The monoisotopic (exact) mass is 255 g/mol. The fourth-order valence-corrected chi connectivity index (χ4v) is 2.16. The molecule has 1 aromatic rings. The first-order chi connectivity index (χ1) is 8.13. The molecule has 0 spiro atoms. The molecule has 0 fully saturated rings. The van der Waals surface area contributed by atoms with Gasteiger partial charge in [-0.25, -0.2) is 0 Å². The zero-order chi connectivity index (χ0) is 12.7. The Morgan fingerprint density at radius 3 is 2.82 bits per heavy atom. The number of hydrogen-bond acceptors (Lipinski definition) is 4. The van der Waals surface area contributed by atoms with E-state index in [1.54, 1.807) is 18.4 Å². The van der Waals surface area contributed by atoms with Gasteiger partial charge in [0, 0.05) is 18.3 Å². The van der Waals surface area contributed by atoms with E-state index in [9.17, 15) is 9.59 Å². The van der Waals surface area contributed by atoms with Gasteiger partial charge in [-0.1, -0.05) is 6.07 Å². The van der Waals surface area contributed by atoms with Crippen molar-refractivity contribution >= 4 is 23.2 Å². The Morgan fingerprint density at radius 2 is 2.24 bits per heavy atom. The molecule has 94 valence electrons. The maximum Gasteiger partial charge on any atom is 0.325 e. The lowest BCUT2D eigenvalue weighted by molar-refractivity contribution is -0.146. The number of likely N-dealkylation sites (N-methyl/N-ethyl adjacent to an activating group) is 1. The van der Waals surface area contributed by atoms with Crippen molar-refractivity contribution in [2.45, 2.75) is 19.3 Å². The predicted molar refractivity (Wildman–Crippen MR) is 66.9 cm³/mol. The second-order valence-corrected chi connectivity index (χ2v) is 4.79. The lowest BCUT2D eigenvalue weighted by Crippen LogP contribution is -2.32. The summed E-state index contributed by atoms with van der Waals surface area (Å²) in [6, 6.07) is 4.07. The molecule has 0 aliphatic heterocycles. The first kappa shape index (κ1) is 13.7. The predicted octanol–water partition coefficient (Wildman–Crippen LogP) is 1.70. The third-order valence-electron chi connectivity index (χ3n) is 2.41. The van der Waals surface area contributed by atoms with Gasteiger partial charge in [0.1, 0.15) is 6.54 Å². The van der Waals surface area contributed by atoms with Crippen molar-refractivity contribution in [1.29, 1.82) is 0 Å². The smallest absolute Gasteiger partial charge is 0.325 e. The summed E-state index contributed by atoms with van der Waals surface area (Å²) < 4.78 is 4.50. The van der Waals surface area contributed by atoms with Crippen LogP contribution in [0.3, 0.4) is 0 Å². The van der Waals surface area contributed by atoms with Crippen LogP contribution in [-0.2, 0) is 20.7 Å². The summed E-state index contributed by atoms with van der Waals surface area (Å²) in [6.07, 6.45) is 2.19. The van der Waals surface area contributed by atoms with Crippen molar-refractivity contribution in [2.24, 2.45) is 0 Å². The van der Waals surface area contributed by atoms with E-state index in [-0.39, 0.29) is 18.4 Å². The second kappa shape index (κ2) is 7.06. The Bertz CT molecular complexity index is 362. The van der Waals surface area contributed by atoms with Crippen LogP contribution in [0.15, 0.2) is 17.5 Å². The van der Waals surface area contributed by atoms with Gasteiger partial charge in [0.2, 0.25) is 5.91 Å². The summed E-state index contributed by atoms with van der Waals surface area (Å²) in [5.74, 6) is -0.411. The van der Waals surface area contributed by atoms with E-state index in [0.29, 0.717) is 6.42 Å². The molecule has 0 radical (unpaired) electrons. The fraction of sp³-hybridized carbons (Fsp3) is 0.500. The first-order valence-corrected chi connectivity index (χ1v) is 6.34. The van der Waals surface area contributed by atoms with Gasteiger partial charge in [0.25, 0.3) is 0 Å². The van der Waals surface area contributed by atoms with Gasteiger partial charge in [0.15, 0.2) is 0 Å². The van der Waals surface area contributed by atoms with Crippen LogP contribution in [0.1, 0.15) is 17.7 Å². The fourth-order valence-electron chi connectivity index (χ4n) is 1.41. The third-order valence-corrected chi connectivity index (χ3v) is 3.35. The molecule has 0 saturated carbocycles. The van der Waals surface area contributed by atoms with Crippen LogP contribution < -0.4 is 0 Å². The van der Waals surface area contributed by atoms with Crippen molar-refractivity contribution in [3.63, 3.8) is 0 Å². The van der Waals surface area contributed by atoms with Crippen molar-refractivity contribution in [3.05, 3.63) is 22.4 Å². The Morgan fingerprint density at radius 1 is 1.47 bits per heavy atom. The molecule has 1 aromatic heterocycles. The van der Waals surface area contributed by atoms with E-state index in [4.69, 9.17) is 0 Å². The third kappa shape index (κ3) is 4.99. The van der Waals surface area contributed by atoms with Crippen molar-refractivity contribution in [3.8, 4) is 0 Å². The lowest BCUT2D eigenvalue weighted by Gasteiger charge is -2.15. The molecule has 1 heterocycles. The van der Waals surface area contributed by atoms with E-state index in [2.05, 4.69) is 10.8 Å². The Kier molecular flexibility index (Phi) is 5.69. The van der Waals surface area contributed by atoms with Crippen molar-refractivity contribution in [2.75, 3.05) is 20.7 Å². The highest BCUT2D eigenvalue weighted by atomic mass is 32.1. The number of carbonyl (C=O) groups excluding carboxylic acids is 2. The van der Waals surface area contributed by atoms with E-state index in [1.807, 2.05) is 11.4 Å². The molecule has 17 heavy (non-hydrogen) atoms. The number of amides is 1. The molecule has 1 amide bonds. The molecule has 0 saturated heterocycles. The minimum absolute atomic E-state index is 0.0213. The molecule has 4 nitrogen and oxygen atoms in total. The SMILES string of the molecule is COC(=O)CN(C)C(=O)CCCc1cccs1. The van der Waals surface area contributed by atoms with Crippen molar-refractivity contribution in [1.82, 2.24) is 4.90 Å². The average Bonchev–Trinajstić information content (AvgIpc) is 2.81. The molecule has 0 aliphatic rings. The van der Waals surface area contributed by atoms with Crippen LogP contribution in [-0.4, -0.2) is 37.5 Å². The number of carbonyl (C=O) groups is 2. The van der Waals surface area contributed by atoms with Gasteiger partial charge >= 0.3 is 5.97 Å². The second-order valence-electron chi connectivity index (χ2n) is 3.76. The van der Waals surface area contributed by atoms with E-state index in [1.165, 1.54) is 16.9 Å². The number of hydrogen-bond donors (Lipinski definition) is 0. The van der Waals surface area contributed by atoms with E-state index in [0.717, 1.165) is 12.8 Å². The van der Waals surface area contributed by atoms with Crippen LogP contribution in [0, 0.1) is 0 Å². The number of thiophene rings is 1. The zero-order valence-corrected chi connectivity index (χ0v) is 11.0. The van der Waals surface area contributed by atoms with Crippen LogP contribution in [0.25, 0.3) is 0 Å². The Hall–Kier alpha value is -1.36. The van der Waals surface area contributed by atoms with Crippen LogP contribution >= 0.6 is 11.3 Å². The molecular weight excluding hydrogens is 238 g/mol. The minimum Gasteiger partial charge on any atom is -0.468 e. The molecule has 0 aliphatic carbocycles. The quantitative estimate of drug-likeness (QED) is 0.727. The normalized spacial score (nSPS) is 10.0. The Labute approximate surface area is 105 Å². The lowest BCUT2D eigenvalue weighted by atomic mass is 10.2. The zero-order valence-electron chi connectivity index (χ0n) is 10.1. The molecule has 5 heteroatoms. The molecule has 1 rings (SSSR count). The number of ether oxygens (including phenoxy) is 1. The number of aryl methyl sites for hydroxylation is 1. The summed E-state index contributed by atoms with van der Waals surface area (Å²) in [6.45, 7) is 0.0222. The highest BCUT2D eigenvalue weighted by Gasteiger charge is 2.12. The highest BCUT2D eigenvalue weighted by molar-refractivity contribution is 7.09. The van der Waals surface area contributed by atoms with Gasteiger partial charge in [-0.2, -0.15) is 0 Å². The Balaban J connectivity index is 2.22. The molecule has 0 aromatic carbocycles. The highest BCUT2D eigenvalue weighted by Crippen LogP contribution is 2.12. The maximum absolute atomic E-state index is 11.6. The van der Waals surface area contributed by atoms with Gasteiger partial charge in [-0.15, -0.1) is 11.3 Å².